The van der Waals surface area contributed by atoms with Crippen LogP contribution in [0.3, 0.4) is 0 Å². The van der Waals surface area contributed by atoms with Crippen LogP contribution in [-0.2, 0) is 19.9 Å². The number of cyclic esters (lactones) is 1. The fraction of sp³-hybridized carbons (Fsp3) is 0.351. The van der Waals surface area contributed by atoms with Gasteiger partial charge in [0, 0.05) is 67.0 Å². The van der Waals surface area contributed by atoms with Gasteiger partial charge >= 0.3 is 5.97 Å². The van der Waals surface area contributed by atoms with Crippen molar-refractivity contribution in [3.63, 3.8) is 0 Å². The molecule has 0 fully saturated rings. The maximum absolute atomic E-state index is 13.6. The molecule has 4 rings (SSSR count). The average Bonchev–Trinajstić information content (AvgIpc) is 3.42. The molecule has 0 unspecified atom stereocenters. The third-order valence-corrected chi connectivity index (χ3v) is 8.24. The maximum atomic E-state index is 13.6. The van der Waals surface area contributed by atoms with Crippen LogP contribution in [0.1, 0.15) is 54.9 Å². The van der Waals surface area contributed by atoms with Gasteiger partial charge in [-0.05, 0) is 76.2 Å². The molecule has 0 atom stereocenters. The van der Waals surface area contributed by atoms with Crippen LogP contribution < -0.4 is 29.9 Å². The molecule has 254 valence electrons. The molecule has 1 aliphatic rings. The van der Waals surface area contributed by atoms with Crippen LogP contribution in [0.2, 0.25) is 0 Å². The normalized spacial score (nSPS) is 12.7. The van der Waals surface area contributed by atoms with Crippen molar-refractivity contribution >= 4 is 29.2 Å². The van der Waals surface area contributed by atoms with Gasteiger partial charge in [0.25, 0.3) is 0 Å². The number of nitrogens with zero attached hydrogens (tertiary/aromatic N) is 3. The van der Waals surface area contributed by atoms with Gasteiger partial charge in [-0.15, -0.1) is 0 Å². The number of pyridine rings is 1. The number of nitrogens with one attached hydrogen (secondary N) is 2. The van der Waals surface area contributed by atoms with Gasteiger partial charge in [-0.1, -0.05) is 13.2 Å². The summed E-state index contributed by atoms with van der Waals surface area (Å²) in [4.78, 5) is 46.4. The highest BCUT2D eigenvalue weighted by Crippen LogP contribution is 2.52. The van der Waals surface area contributed by atoms with Crippen molar-refractivity contribution in [2.45, 2.75) is 33.3 Å². The van der Waals surface area contributed by atoms with E-state index in [0.717, 1.165) is 37.6 Å². The van der Waals surface area contributed by atoms with Gasteiger partial charge in [0.15, 0.2) is 0 Å². The molecule has 11 nitrogen and oxygen atoms in total. The zero-order valence-electron chi connectivity index (χ0n) is 28.2. The van der Waals surface area contributed by atoms with Crippen molar-refractivity contribution in [3.8, 4) is 11.5 Å². The summed E-state index contributed by atoms with van der Waals surface area (Å²) in [5.74, 6) is -0.248. The Morgan fingerprint density at radius 2 is 1.29 bits per heavy atom. The Morgan fingerprint density at radius 3 is 1.73 bits per heavy atom. The number of anilines is 2. The van der Waals surface area contributed by atoms with Gasteiger partial charge in [-0.3, -0.25) is 14.6 Å². The summed E-state index contributed by atoms with van der Waals surface area (Å²) in [7, 11) is 0. The summed E-state index contributed by atoms with van der Waals surface area (Å²) < 4.78 is 19.2. The van der Waals surface area contributed by atoms with Crippen LogP contribution in [0.15, 0.2) is 80.0 Å². The largest absolute Gasteiger partial charge is 0.491 e. The average molecular weight is 656 g/mol. The van der Waals surface area contributed by atoms with Crippen molar-refractivity contribution in [2.75, 3.05) is 62.3 Å². The molecule has 2 amide bonds. The smallest absolute Gasteiger partial charge is 0.341 e. The molecule has 0 saturated heterocycles. The predicted molar refractivity (Wildman–Crippen MR) is 187 cm³/mol. The van der Waals surface area contributed by atoms with E-state index in [1.807, 2.05) is 36.4 Å². The number of rotatable bonds is 18. The predicted octanol–water partition coefficient (Wildman–Crippen LogP) is 4.60. The number of fused-ring (bicyclic) bond motifs is 1. The zero-order valence-corrected chi connectivity index (χ0v) is 28.2. The minimum Gasteiger partial charge on any atom is -0.491 e. The molecule has 2 heterocycles. The SMILES string of the molecule is C=CC(=O)NCCOc1cc(N(CC)CC)ccc1C1(c2ccc(N(CC)CC)cc2OCCNC(=O)C=C)OC(=O)c2cccnc21. The molecule has 1 aromatic heterocycles. The van der Waals surface area contributed by atoms with E-state index < -0.39 is 11.6 Å². The lowest BCUT2D eigenvalue weighted by atomic mass is 9.81. The molecule has 0 bridgehead atoms. The molecule has 2 N–H and O–H groups in total. The summed E-state index contributed by atoms with van der Waals surface area (Å²) in [5.41, 5.74) is 2.08. The maximum Gasteiger partial charge on any atom is 0.341 e. The first-order valence-electron chi connectivity index (χ1n) is 16.3. The zero-order chi connectivity index (χ0) is 34.7. The van der Waals surface area contributed by atoms with Gasteiger partial charge in [0.2, 0.25) is 17.4 Å². The van der Waals surface area contributed by atoms with Gasteiger partial charge in [0.1, 0.15) is 30.4 Å². The summed E-state index contributed by atoms with van der Waals surface area (Å²) in [6.07, 6.45) is 4.03. The van der Waals surface area contributed by atoms with Crippen LogP contribution in [0.4, 0.5) is 11.4 Å². The number of carbonyl (C=O) groups excluding carboxylic acids is 3. The van der Waals surface area contributed by atoms with E-state index >= 15 is 0 Å². The van der Waals surface area contributed by atoms with E-state index in [1.165, 1.54) is 12.2 Å². The molecule has 1 aliphatic heterocycles. The lowest BCUT2D eigenvalue weighted by molar-refractivity contribution is -0.117. The molecular weight excluding hydrogens is 610 g/mol. The summed E-state index contributed by atoms with van der Waals surface area (Å²) in [6, 6.07) is 15.0. The van der Waals surface area contributed by atoms with Gasteiger partial charge < -0.3 is 34.6 Å². The summed E-state index contributed by atoms with van der Waals surface area (Å²) in [6.45, 7) is 19.1. The van der Waals surface area contributed by atoms with Crippen LogP contribution in [0.25, 0.3) is 0 Å². The number of benzene rings is 2. The molecule has 2 aromatic carbocycles. The third kappa shape index (κ3) is 7.46. The number of aromatic nitrogens is 1. The van der Waals surface area contributed by atoms with Crippen molar-refractivity contribution in [1.82, 2.24) is 15.6 Å². The Bertz CT molecular complexity index is 1540. The monoisotopic (exact) mass is 655 g/mol. The van der Waals surface area contributed by atoms with Crippen molar-refractivity contribution in [3.05, 3.63) is 102 Å². The Hall–Kier alpha value is -5.32. The van der Waals surface area contributed by atoms with Crippen LogP contribution in [-0.4, -0.2) is 75.2 Å². The Morgan fingerprint density at radius 1 is 0.812 bits per heavy atom. The topological polar surface area (TPSA) is 122 Å². The number of carbonyl (C=O) groups is 3. The van der Waals surface area contributed by atoms with Crippen molar-refractivity contribution in [1.29, 1.82) is 0 Å². The molecule has 48 heavy (non-hydrogen) atoms. The highest BCUT2D eigenvalue weighted by atomic mass is 16.6. The van der Waals surface area contributed by atoms with Gasteiger partial charge in [0.05, 0.1) is 18.7 Å². The van der Waals surface area contributed by atoms with E-state index in [0.29, 0.717) is 33.9 Å². The van der Waals surface area contributed by atoms with E-state index in [2.05, 4.69) is 61.3 Å². The number of hydrogen-bond acceptors (Lipinski definition) is 9. The Balaban J connectivity index is 1.95. The molecule has 11 heteroatoms. The van der Waals surface area contributed by atoms with E-state index in [4.69, 9.17) is 19.2 Å². The van der Waals surface area contributed by atoms with Crippen molar-refractivity contribution in [2.24, 2.45) is 0 Å². The minimum atomic E-state index is -1.56. The van der Waals surface area contributed by atoms with Crippen LogP contribution in [0, 0.1) is 0 Å². The fourth-order valence-electron chi connectivity index (χ4n) is 5.83. The number of esters is 1. The second kappa shape index (κ2) is 16.5. The summed E-state index contributed by atoms with van der Waals surface area (Å²) >= 11 is 0. The number of ether oxygens (including phenoxy) is 3. The number of amides is 2. The van der Waals surface area contributed by atoms with E-state index in [-0.39, 0.29) is 38.1 Å². The second-order valence-electron chi connectivity index (χ2n) is 10.9. The Kier molecular flexibility index (Phi) is 12.2. The fourth-order valence-corrected chi connectivity index (χ4v) is 5.83. The van der Waals surface area contributed by atoms with Crippen LogP contribution in [0.5, 0.6) is 11.5 Å². The molecule has 0 saturated carbocycles. The van der Waals surface area contributed by atoms with E-state index in [1.54, 1.807) is 18.3 Å². The van der Waals surface area contributed by atoms with E-state index in [9.17, 15) is 14.4 Å². The molecule has 3 aromatic rings. The third-order valence-electron chi connectivity index (χ3n) is 8.24. The van der Waals surface area contributed by atoms with Gasteiger partial charge in [-0.25, -0.2) is 4.79 Å². The first kappa shape index (κ1) is 35.5. The highest BCUT2D eigenvalue weighted by Gasteiger charge is 2.53. The molecule has 0 aliphatic carbocycles. The quantitative estimate of drug-likeness (QED) is 0.115. The molecule has 0 spiro atoms. The lowest BCUT2D eigenvalue weighted by Crippen LogP contribution is -2.33. The Labute approximate surface area is 282 Å². The number of hydrogen-bond donors (Lipinski definition) is 2. The molecular formula is C37H45N5O6. The first-order chi connectivity index (χ1) is 23.3. The standard InChI is InChI=1S/C37H45N5O6/c1-7-33(43)38-20-22-46-31-24-26(41(9-3)10-4)15-17-29(31)37(35-28(36(45)48-37)14-13-19-40-35)30-18-16-27(42(11-5)12-6)25-32(30)47-23-21-39-34(44)8-2/h7-8,13-19,24-25H,1-2,9-12,20-23H2,3-6H3,(H,38,43)(H,39,44). The first-order valence-corrected chi connectivity index (χ1v) is 16.3. The minimum absolute atomic E-state index is 0.140. The van der Waals surface area contributed by atoms with Crippen molar-refractivity contribution < 1.29 is 28.6 Å². The van der Waals surface area contributed by atoms with Gasteiger partial charge in [-0.2, -0.15) is 0 Å². The van der Waals surface area contributed by atoms with Crippen LogP contribution >= 0.6 is 0 Å². The highest BCUT2D eigenvalue weighted by molar-refractivity contribution is 5.96. The molecule has 0 radical (unpaired) electrons. The summed E-state index contributed by atoms with van der Waals surface area (Å²) in [5, 5.41) is 5.48. The second-order valence-corrected chi connectivity index (χ2v) is 10.9. The lowest BCUT2D eigenvalue weighted by Gasteiger charge is -2.34.